The molecule has 1 aromatic heterocycles. The summed E-state index contributed by atoms with van der Waals surface area (Å²) in [6, 6.07) is 7.79. The maximum absolute atomic E-state index is 12.7. The van der Waals surface area contributed by atoms with Gasteiger partial charge in [0.05, 0.1) is 5.75 Å². The average molecular weight is 250 g/mol. The van der Waals surface area contributed by atoms with Crippen molar-refractivity contribution in [2.75, 3.05) is 5.75 Å². The molecule has 2 rings (SSSR count). The number of carbonyl (C=O) groups is 1. The summed E-state index contributed by atoms with van der Waals surface area (Å²) in [5, 5.41) is 3.94. The van der Waals surface area contributed by atoms with Gasteiger partial charge in [-0.15, -0.1) is 11.8 Å². The first-order valence-electron chi connectivity index (χ1n) is 5.06. The van der Waals surface area contributed by atoms with Gasteiger partial charge in [-0.25, -0.2) is 4.39 Å². The maximum atomic E-state index is 12.7. The molecule has 0 amide bonds. The number of carbonyl (C=O) groups excluding carboxylic acids is 1. The van der Waals surface area contributed by atoms with Crippen molar-refractivity contribution in [1.82, 2.24) is 9.78 Å². The van der Waals surface area contributed by atoms with Crippen LogP contribution < -0.4 is 0 Å². The summed E-state index contributed by atoms with van der Waals surface area (Å²) in [7, 11) is 1.73. The van der Waals surface area contributed by atoms with Gasteiger partial charge >= 0.3 is 0 Å². The number of rotatable bonds is 4. The zero-order chi connectivity index (χ0) is 12.3. The lowest BCUT2D eigenvalue weighted by atomic mass is 10.3. The van der Waals surface area contributed by atoms with Crippen LogP contribution in [0.3, 0.4) is 0 Å². The Labute approximate surface area is 103 Å². The highest BCUT2D eigenvalue weighted by Gasteiger charge is 2.10. The van der Waals surface area contributed by atoms with E-state index in [-0.39, 0.29) is 11.6 Å². The fraction of sp³-hybridized carbons (Fsp3) is 0.167. The number of Topliss-reactive ketones (excluding diaryl/α,β-unsaturated/α-hetero) is 1. The molecule has 1 heterocycles. The molecule has 3 nitrogen and oxygen atoms in total. The second-order valence-electron chi connectivity index (χ2n) is 3.51. The molecule has 0 N–H and O–H groups in total. The highest BCUT2D eigenvalue weighted by Crippen LogP contribution is 2.19. The Morgan fingerprint density at radius 2 is 2.06 bits per heavy atom. The molecule has 0 aliphatic heterocycles. The quantitative estimate of drug-likeness (QED) is 0.618. The van der Waals surface area contributed by atoms with E-state index < -0.39 is 0 Å². The van der Waals surface area contributed by atoms with Crippen LogP contribution in [-0.2, 0) is 7.05 Å². The van der Waals surface area contributed by atoms with Gasteiger partial charge in [-0.3, -0.25) is 9.48 Å². The second kappa shape index (κ2) is 5.14. The molecule has 0 saturated carbocycles. The Bertz CT molecular complexity index is 522. The van der Waals surface area contributed by atoms with Gasteiger partial charge in [0.25, 0.3) is 0 Å². The molecule has 88 valence electrons. The normalized spacial score (nSPS) is 10.5. The molecule has 1 aromatic carbocycles. The Balaban J connectivity index is 1.97. The monoisotopic (exact) mass is 250 g/mol. The van der Waals surface area contributed by atoms with E-state index in [9.17, 15) is 9.18 Å². The van der Waals surface area contributed by atoms with Crippen molar-refractivity contribution in [3.63, 3.8) is 0 Å². The SMILES string of the molecule is Cn1nccc1C(=O)CSc1ccc(F)cc1. The van der Waals surface area contributed by atoms with Gasteiger partial charge in [0, 0.05) is 18.1 Å². The molecule has 0 radical (unpaired) electrons. The smallest absolute Gasteiger partial charge is 0.191 e. The van der Waals surface area contributed by atoms with E-state index in [0.29, 0.717) is 11.4 Å². The number of benzene rings is 1. The van der Waals surface area contributed by atoms with Crippen molar-refractivity contribution in [3.8, 4) is 0 Å². The molecule has 0 aliphatic carbocycles. The standard InChI is InChI=1S/C12H11FN2OS/c1-15-11(6-7-14-15)12(16)8-17-10-4-2-9(13)3-5-10/h2-7H,8H2,1H3. The minimum absolute atomic E-state index is 0.0133. The second-order valence-corrected chi connectivity index (χ2v) is 4.55. The van der Waals surface area contributed by atoms with Crippen LogP contribution in [0.15, 0.2) is 41.4 Å². The lowest BCUT2D eigenvalue weighted by Gasteiger charge is -2.02. The van der Waals surface area contributed by atoms with Crippen LogP contribution in [-0.4, -0.2) is 21.3 Å². The van der Waals surface area contributed by atoms with Crippen molar-refractivity contribution < 1.29 is 9.18 Å². The van der Waals surface area contributed by atoms with E-state index in [1.165, 1.54) is 23.9 Å². The van der Waals surface area contributed by atoms with E-state index in [4.69, 9.17) is 0 Å². The Morgan fingerprint density at radius 1 is 1.35 bits per heavy atom. The van der Waals surface area contributed by atoms with Gasteiger partial charge in [0.15, 0.2) is 5.78 Å². The summed E-state index contributed by atoms with van der Waals surface area (Å²) in [6.07, 6.45) is 1.59. The van der Waals surface area contributed by atoms with Crippen LogP contribution >= 0.6 is 11.8 Å². The van der Waals surface area contributed by atoms with E-state index in [2.05, 4.69) is 5.10 Å². The summed E-state index contributed by atoms with van der Waals surface area (Å²) in [5.41, 5.74) is 0.583. The highest BCUT2D eigenvalue weighted by molar-refractivity contribution is 8.00. The fourth-order valence-electron chi connectivity index (χ4n) is 1.40. The molecular weight excluding hydrogens is 239 g/mol. The van der Waals surface area contributed by atoms with Gasteiger partial charge in [-0.05, 0) is 30.3 Å². The number of hydrogen-bond acceptors (Lipinski definition) is 3. The molecule has 0 saturated heterocycles. The number of hydrogen-bond donors (Lipinski definition) is 0. The molecule has 17 heavy (non-hydrogen) atoms. The summed E-state index contributed by atoms with van der Waals surface area (Å²) >= 11 is 1.39. The Morgan fingerprint density at radius 3 is 2.65 bits per heavy atom. The first-order chi connectivity index (χ1) is 8.16. The van der Waals surface area contributed by atoms with E-state index in [0.717, 1.165) is 4.90 Å². The van der Waals surface area contributed by atoms with Gasteiger partial charge in [-0.2, -0.15) is 5.10 Å². The molecule has 2 aromatic rings. The lowest BCUT2D eigenvalue weighted by Crippen LogP contribution is -2.08. The topological polar surface area (TPSA) is 34.9 Å². The molecule has 0 bridgehead atoms. The third-order valence-corrected chi connectivity index (χ3v) is 3.30. The Hall–Kier alpha value is -1.62. The number of aromatic nitrogens is 2. The summed E-state index contributed by atoms with van der Waals surface area (Å²) in [5.74, 6) is 0.0668. The van der Waals surface area contributed by atoms with Gasteiger partial charge in [-0.1, -0.05) is 0 Å². The summed E-state index contributed by atoms with van der Waals surface area (Å²) in [6.45, 7) is 0. The molecular formula is C12H11FN2OS. The predicted octanol–water partition coefficient (Wildman–Crippen LogP) is 2.53. The van der Waals surface area contributed by atoms with Gasteiger partial charge < -0.3 is 0 Å². The Kier molecular flexibility index (Phi) is 3.58. The molecule has 0 unspecified atom stereocenters. The zero-order valence-corrected chi connectivity index (χ0v) is 10.1. The van der Waals surface area contributed by atoms with Crippen molar-refractivity contribution in [2.24, 2.45) is 7.05 Å². The van der Waals surface area contributed by atoms with Crippen LogP contribution in [0.2, 0.25) is 0 Å². The van der Waals surface area contributed by atoms with Crippen LogP contribution in [0.1, 0.15) is 10.5 Å². The number of halogens is 1. The zero-order valence-electron chi connectivity index (χ0n) is 9.26. The first kappa shape index (κ1) is 11.9. The van der Waals surface area contributed by atoms with Crippen molar-refractivity contribution in [2.45, 2.75) is 4.90 Å². The molecule has 0 fully saturated rings. The minimum Gasteiger partial charge on any atom is -0.292 e. The third-order valence-electron chi connectivity index (χ3n) is 2.29. The fourth-order valence-corrected chi connectivity index (χ4v) is 2.18. The van der Waals surface area contributed by atoms with Crippen LogP contribution in [0.5, 0.6) is 0 Å². The van der Waals surface area contributed by atoms with E-state index >= 15 is 0 Å². The molecule has 5 heteroatoms. The average Bonchev–Trinajstić information content (AvgIpc) is 2.74. The maximum Gasteiger partial charge on any atom is 0.191 e. The molecule has 0 atom stereocenters. The van der Waals surface area contributed by atoms with Crippen LogP contribution in [0, 0.1) is 5.82 Å². The first-order valence-corrected chi connectivity index (χ1v) is 6.05. The number of ketones is 1. The van der Waals surface area contributed by atoms with Gasteiger partial charge in [0.1, 0.15) is 11.5 Å². The molecule has 0 aliphatic rings. The van der Waals surface area contributed by atoms with E-state index in [1.54, 1.807) is 36.1 Å². The van der Waals surface area contributed by atoms with Crippen LogP contribution in [0.4, 0.5) is 4.39 Å². The highest BCUT2D eigenvalue weighted by atomic mass is 32.2. The van der Waals surface area contributed by atoms with Crippen molar-refractivity contribution >= 4 is 17.5 Å². The third kappa shape index (κ3) is 2.94. The van der Waals surface area contributed by atoms with Crippen molar-refractivity contribution in [3.05, 3.63) is 48.0 Å². The van der Waals surface area contributed by atoms with Gasteiger partial charge in [0.2, 0.25) is 0 Å². The molecule has 0 spiro atoms. The number of aryl methyl sites for hydroxylation is 1. The largest absolute Gasteiger partial charge is 0.292 e. The lowest BCUT2D eigenvalue weighted by molar-refractivity contribution is 0.101. The summed E-state index contributed by atoms with van der Waals surface area (Å²) < 4.78 is 14.2. The number of thioether (sulfide) groups is 1. The van der Waals surface area contributed by atoms with Crippen LogP contribution in [0.25, 0.3) is 0 Å². The predicted molar refractivity (Wildman–Crippen MR) is 64.7 cm³/mol. The van der Waals surface area contributed by atoms with E-state index in [1.807, 2.05) is 0 Å². The summed E-state index contributed by atoms with van der Waals surface area (Å²) in [4.78, 5) is 12.7. The van der Waals surface area contributed by atoms with Crippen molar-refractivity contribution in [1.29, 1.82) is 0 Å². The minimum atomic E-state index is -0.271. The number of nitrogens with zero attached hydrogens (tertiary/aromatic N) is 2.